The molecule has 0 aliphatic carbocycles. The molecule has 0 aromatic heterocycles. The van der Waals surface area contributed by atoms with Gasteiger partial charge in [-0.25, -0.2) is 0 Å². The van der Waals surface area contributed by atoms with Crippen LogP contribution in [-0.2, 0) is 12.8 Å². The van der Waals surface area contributed by atoms with Crippen LogP contribution in [0.4, 0.5) is 0 Å². The fourth-order valence-electron chi connectivity index (χ4n) is 2.69. The first-order valence-corrected chi connectivity index (χ1v) is 8.78. The molecular weight excluding hydrogens is 324 g/mol. The first kappa shape index (κ1) is 17.7. The molecule has 0 aliphatic rings. The van der Waals surface area contributed by atoms with E-state index in [-0.39, 0.29) is 0 Å². The van der Waals surface area contributed by atoms with Gasteiger partial charge in [0.1, 0.15) is 11.5 Å². The number of carbonyl (C=O) groups excluding carboxylic acids is 1. The Kier molecular flexibility index (Phi) is 6.43. The summed E-state index contributed by atoms with van der Waals surface area (Å²) in [5.41, 5.74) is 2.94. The molecule has 0 bridgehead atoms. The molecule has 26 heavy (non-hydrogen) atoms. The molecule has 3 aromatic rings. The molecule has 3 nitrogen and oxygen atoms in total. The van der Waals surface area contributed by atoms with Gasteiger partial charge in [-0.3, -0.25) is 4.79 Å². The predicted octanol–water partition coefficient (Wildman–Crippen LogP) is 4.74. The smallest absolute Gasteiger partial charge is 0.153 e. The zero-order valence-electron chi connectivity index (χ0n) is 14.6. The van der Waals surface area contributed by atoms with Gasteiger partial charge in [0.2, 0.25) is 0 Å². The zero-order valence-corrected chi connectivity index (χ0v) is 14.6. The van der Waals surface area contributed by atoms with Crippen molar-refractivity contribution in [2.45, 2.75) is 12.8 Å². The van der Waals surface area contributed by atoms with Crippen LogP contribution in [-0.4, -0.2) is 19.5 Å². The number of aldehydes is 1. The summed E-state index contributed by atoms with van der Waals surface area (Å²) in [4.78, 5) is 11.4. The fourth-order valence-corrected chi connectivity index (χ4v) is 2.69. The van der Waals surface area contributed by atoms with Crippen molar-refractivity contribution in [2.75, 3.05) is 13.2 Å². The van der Waals surface area contributed by atoms with E-state index in [9.17, 15) is 4.79 Å². The number of ether oxygens (including phenoxy) is 2. The Morgan fingerprint density at radius 2 is 1.27 bits per heavy atom. The van der Waals surface area contributed by atoms with Crippen LogP contribution in [0, 0.1) is 0 Å². The maximum Gasteiger partial charge on any atom is 0.153 e. The van der Waals surface area contributed by atoms with Gasteiger partial charge >= 0.3 is 0 Å². The molecule has 3 aromatic carbocycles. The molecule has 3 heteroatoms. The standard InChI is InChI=1S/C23H22O3/c24-18-21-17-22(25-15-13-19-7-3-1-4-8-19)11-12-23(21)26-16-14-20-9-5-2-6-10-20/h1-12,17-18H,13-16H2. The van der Waals surface area contributed by atoms with Crippen molar-refractivity contribution in [2.24, 2.45) is 0 Å². The second-order valence-corrected chi connectivity index (χ2v) is 5.99. The van der Waals surface area contributed by atoms with Crippen LogP contribution in [0.25, 0.3) is 0 Å². The van der Waals surface area contributed by atoms with Crippen molar-refractivity contribution >= 4 is 6.29 Å². The van der Waals surface area contributed by atoms with Gasteiger partial charge in [0, 0.05) is 12.8 Å². The first-order chi connectivity index (χ1) is 12.8. The quantitative estimate of drug-likeness (QED) is 0.525. The van der Waals surface area contributed by atoms with Crippen molar-refractivity contribution < 1.29 is 14.3 Å². The van der Waals surface area contributed by atoms with Crippen LogP contribution in [0.15, 0.2) is 78.9 Å². The zero-order chi connectivity index (χ0) is 18.0. The van der Waals surface area contributed by atoms with Crippen molar-refractivity contribution in [3.63, 3.8) is 0 Å². The minimum absolute atomic E-state index is 0.510. The normalized spacial score (nSPS) is 10.3. The second kappa shape index (κ2) is 9.42. The lowest BCUT2D eigenvalue weighted by Crippen LogP contribution is -2.05. The minimum Gasteiger partial charge on any atom is -0.493 e. The highest BCUT2D eigenvalue weighted by molar-refractivity contribution is 5.80. The molecule has 132 valence electrons. The lowest BCUT2D eigenvalue weighted by Gasteiger charge is -2.11. The summed E-state index contributed by atoms with van der Waals surface area (Å²) in [5, 5.41) is 0. The molecular formula is C23H22O3. The van der Waals surface area contributed by atoms with E-state index in [1.807, 2.05) is 42.5 Å². The van der Waals surface area contributed by atoms with Gasteiger partial charge in [-0.2, -0.15) is 0 Å². The molecule has 0 N–H and O–H groups in total. The summed E-state index contributed by atoms with van der Waals surface area (Å²) in [6.07, 6.45) is 2.43. The summed E-state index contributed by atoms with van der Waals surface area (Å²) in [7, 11) is 0. The first-order valence-electron chi connectivity index (χ1n) is 8.78. The van der Waals surface area contributed by atoms with E-state index in [1.165, 1.54) is 11.1 Å². The highest BCUT2D eigenvalue weighted by Gasteiger charge is 2.06. The number of hydrogen-bond acceptors (Lipinski definition) is 3. The van der Waals surface area contributed by atoms with E-state index in [2.05, 4.69) is 24.3 Å². The maximum absolute atomic E-state index is 11.4. The van der Waals surface area contributed by atoms with Crippen LogP contribution < -0.4 is 9.47 Å². The van der Waals surface area contributed by atoms with E-state index in [0.717, 1.165) is 19.1 Å². The summed E-state index contributed by atoms with van der Waals surface area (Å²) in [6, 6.07) is 25.7. The largest absolute Gasteiger partial charge is 0.493 e. The number of rotatable bonds is 9. The highest BCUT2D eigenvalue weighted by Crippen LogP contribution is 2.23. The van der Waals surface area contributed by atoms with E-state index in [1.54, 1.807) is 12.1 Å². The molecule has 0 fully saturated rings. The topological polar surface area (TPSA) is 35.5 Å². The monoisotopic (exact) mass is 346 g/mol. The molecule has 0 aliphatic heterocycles. The summed E-state index contributed by atoms with van der Waals surface area (Å²) < 4.78 is 11.5. The Morgan fingerprint density at radius 1 is 0.692 bits per heavy atom. The van der Waals surface area contributed by atoms with Crippen molar-refractivity contribution in [3.05, 3.63) is 95.6 Å². The van der Waals surface area contributed by atoms with Crippen molar-refractivity contribution in [1.82, 2.24) is 0 Å². The Labute approximate surface area is 154 Å². The fraction of sp³-hybridized carbons (Fsp3) is 0.174. The molecule has 0 radical (unpaired) electrons. The molecule has 0 amide bonds. The molecule has 0 spiro atoms. The van der Waals surface area contributed by atoms with Gasteiger partial charge in [0.05, 0.1) is 18.8 Å². The van der Waals surface area contributed by atoms with E-state index in [4.69, 9.17) is 9.47 Å². The van der Waals surface area contributed by atoms with Gasteiger partial charge in [-0.1, -0.05) is 60.7 Å². The van der Waals surface area contributed by atoms with E-state index in [0.29, 0.717) is 30.3 Å². The predicted molar refractivity (Wildman–Crippen MR) is 103 cm³/mol. The number of carbonyl (C=O) groups is 1. The van der Waals surface area contributed by atoms with Gasteiger partial charge < -0.3 is 9.47 Å². The van der Waals surface area contributed by atoms with Gasteiger partial charge in [-0.05, 0) is 29.3 Å². The highest BCUT2D eigenvalue weighted by atomic mass is 16.5. The van der Waals surface area contributed by atoms with Gasteiger partial charge in [-0.15, -0.1) is 0 Å². The van der Waals surface area contributed by atoms with Crippen LogP contribution in [0.5, 0.6) is 11.5 Å². The Bertz CT molecular complexity index is 813. The Hall–Kier alpha value is -3.07. The third-order valence-corrected chi connectivity index (χ3v) is 4.10. The Morgan fingerprint density at radius 3 is 1.85 bits per heavy atom. The van der Waals surface area contributed by atoms with Crippen molar-refractivity contribution in [3.8, 4) is 11.5 Å². The maximum atomic E-state index is 11.4. The van der Waals surface area contributed by atoms with Crippen LogP contribution in [0.1, 0.15) is 21.5 Å². The molecule has 0 saturated carbocycles. The number of hydrogen-bond donors (Lipinski definition) is 0. The van der Waals surface area contributed by atoms with Crippen molar-refractivity contribution in [1.29, 1.82) is 0 Å². The molecule has 3 rings (SSSR count). The van der Waals surface area contributed by atoms with Gasteiger partial charge in [0.15, 0.2) is 6.29 Å². The summed E-state index contributed by atoms with van der Waals surface area (Å²) in [5.74, 6) is 1.27. The average Bonchev–Trinajstić information content (AvgIpc) is 2.70. The molecule has 0 saturated heterocycles. The summed E-state index contributed by atoms with van der Waals surface area (Å²) >= 11 is 0. The van der Waals surface area contributed by atoms with Crippen LogP contribution in [0.2, 0.25) is 0 Å². The van der Waals surface area contributed by atoms with Crippen LogP contribution >= 0.6 is 0 Å². The molecule has 0 unspecified atom stereocenters. The average molecular weight is 346 g/mol. The Balaban J connectivity index is 1.52. The summed E-state index contributed by atoms with van der Waals surface area (Å²) in [6.45, 7) is 1.09. The third kappa shape index (κ3) is 5.21. The third-order valence-electron chi connectivity index (χ3n) is 4.10. The number of benzene rings is 3. The van der Waals surface area contributed by atoms with Crippen LogP contribution in [0.3, 0.4) is 0 Å². The minimum atomic E-state index is 0.510. The lowest BCUT2D eigenvalue weighted by molar-refractivity contribution is 0.111. The second-order valence-electron chi connectivity index (χ2n) is 5.99. The lowest BCUT2D eigenvalue weighted by atomic mass is 10.1. The SMILES string of the molecule is O=Cc1cc(OCCc2ccccc2)ccc1OCCc1ccccc1. The molecule has 0 atom stereocenters. The molecule has 0 heterocycles. The van der Waals surface area contributed by atoms with E-state index >= 15 is 0 Å². The van der Waals surface area contributed by atoms with Gasteiger partial charge in [0.25, 0.3) is 0 Å². The van der Waals surface area contributed by atoms with E-state index < -0.39 is 0 Å².